The Bertz CT molecular complexity index is 649. The predicted octanol–water partition coefficient (Wildman–Crippen LogP) is 0.319. The molecule has 2 aliphatic rings. The molecular formula is C19H27NO8. The van der Waals surface area contributed by atoms with Gasteiger partial charge in [-0.2, -0.15) is 0 Å². The van der Waals surface area contributed by atoms with Gasteiger partial charge in [0.1, 0.15) is 30.5 Å². The molecule has 1 unspecified atom stereocenters. The number of carbonyl (C=O) groups excluding carboxylic acids is 1. The molecule has 2 fully saturated rings. The number of carbonyl (C=O) groups is 1. The highest BCUT2D eigenvalue weighted by Crippen LogP contribution is 2.24. The first-order valence-corrected chi connectivity index (χ1v) is 9.53. The van der Waals surface area contributed by atoms with E-state index in [0.717, 1.165) is 25.7 Å². The second-order valence-electron chi connectivity index (χ2n) is 7.16. The van der Waals surface area contributed by atoms with Crippen LogP contribution in [-0.2, 0) is 14.3 Å². The first-order valence-electron chi connectivity index (χ1n) is 9.53. The Morgan fingerprint density at radius 2 is 1.86 bits per heavy atom. The van der Waals surface area contributed by atoms with Gasteiger partial charge in [0.2, 0.25) is 6.29 Å². The molecule has 1 aromatic rings. The smallest absolute Gasteiger partial charge is 0.338 e. The summed E-state index contributed by atoms with van der Waals surface area (Å²) in [6, 6.07) is 6.46. The van der Waals surface area contributed by atoms with Gasteiger partial charge in [0.05, 0.1) is 17.9 Å². The van der Waals surface area contributed by atoms with Crippen molar-refractivity contribution >= 4 is 11.7 Å². The van der Waals surface area contributed by atoms with Crippen molar-refractivity contribution in [3.8, 4) is 0 Å². The van der Waals surface area contributed by atoms with E-state index in [-0.39, 0.29) is 6.10 Å². The summed E-state index contributed by atoms with van der Waals surface area (Å²) < 4.78 is 10.8. The van der Waals surface area contributed by atoms with Crippen LogP contribution in [0.1, 0.15) is 42.5 Å². The molecule has 1 saturated carbocycles. The molecular weight excluding hydrogens is 370 g/mol. The number of hydrogen-bond acceptors (Lipinski definition) is 9. The number of benzene rings is 1. The highest BCUT2D eigenvalue weighted by Gasteiger charge is 2.44. The Morgan fingerprint density at radius 1 is 1.11 bits per heavy atom. The average molecular weight is 397 g/mol. The van der Waals surface area contributed by atoms with Crippen LogP contribution in [0, 0.1) is 0 Å². The Morgan fingerprint density at radius 3 is 2.57 bits per heavy atom. The second kappa shape index (κ2) is 9.64. The maximum atomic E-state index is 12.3. The van der Waals surface area contributed by atoms with Gasteiger partial charge in [-0.25, -0.2) is 9.63 Å². The summed E-state index contributed by atoms with van der Waals surface area (Å²) in [5.74, 6) is -0.414. The van der Waals surface area contributed by atoms with E-state index in [2.05, 4.69) is 5.48 Å². The maximum absolute atomic E-state index is 12.3. The molecule has 0 bridgehead atoms. The third-order valence-electron chi connectivity index (χ3n) is 5.07. The Balaban J connectivity index is 1.57. The van der Waals surface area contributed by atoms with Crippen molar-refractivity contribution in [1.29, 1.82) is 0 Å². The fourth-order valence-corrected chi connectivity index (χ4v) is 3.40. The normalized spacial score (nSPS) is 31.4. The zero-order valence-electron chi connectivity index (χ0n) is 15.4. The van der Waals surface area contributed by atoms with Crippen molar-refractivity contribution in [2.75, 3.05) is 12.1 Å². The first kappa shape index (κ1) is 21.0. The minimum absolute atomic E-state index is 0.0526. The van der Waals surface area contributed by atoms with Crippen LogP contribution < -0.4 is 5.48 Å². The van der Waals surface area contributed by atoms with Gasteiger partial charge in [-0.3, -0.25) is 5.48 Å². The zero-order valence-corrected chi connectivity index (χ0v) is 15.4. The highest BCUT2D eigenvalue weighted by molar-refractivity contribution is 5.90. The first-order chi connectivity index (χ1) is 13.5. The Hall–Kier alpha value is -1.75. The molecule has 0 radical (unpaired) electrons. The van der Waals surface area contributed by atoms with Crippen LogP contribution in [0.3, 0.4) is 0 Å². The number of nitrogens with one attached hydrogen (secondary N) is 1. The Labute approximate surface area is 162 Å². The fraction of sp³-hybridized carbons (Fsp3) is 0.632. The van der Waals surface area contributed by atoms with Crippen molar-refractivity contribution < 1.29 is 39.5 Å². The zero-order chi connectivity index (χ0) is 20.1. The lowest BCUT2D eigenvalue weighted by Gasteiger charge is -2.39. The number of rotatable bonds is 6. The van der Waals surface area contributed by atoms with Gasteiger partial charge in [0.15, 0.2) is 0 Å². The average Bonchev–Trinajstić information content (AvgIpc) is 2.72. The van der Waals surface area contributed by atoms with Gasteiger partial charge in [-0.1, -0.05) is 12.5 Å². The minimum atomic E-state index is -1.53. The standard InChI is InChI=1S/C19H27NO8/c21-10-14-15(22)16(23)17(24)19(27-14)28-20-12-6-4-5-11(9-12)18(25)26-13-7-2-1-3-8-13/h4-6,9,13-17,19-24H,1-3,7-8,10H2/t14-,15-,16+,17+,19?/m1/s1. The van der Waals surface area contributed by atoms with Crippen LogP contribution in [0.5, 0.6) is 0 Å². The Kier molecular flexibility index (Phi) is 7.22. The van der Waals surface area contributed by atoms with Crippen LogP contribution in [-0.4, -0.2) is 69.8 Å². The number of hydrogen-bond donors (Lipinski definition) is 5. The summed E-state index contributed by atoms with van der Waals surface area (Å²) in [7, 11) is 0. The molecule has 1 aromatic carbocycles. The number of anilines is 1. The van der Waals surface area contributed by atoms with Crippen molar-refractivity contribution in [3.05, 3.63) is 29.8 Å². The monoisotopic (exact) mass is 397 g/mol. The third kappa shape index (κ3) is 4.99. The molecule has 1 aliphatic carbocycles. The van der Waals surface area contributed by atoms with Crippen LogP contribution >= 0.6 is 0 Å². The summed E-state index contributed by atoms with van der Waals surface area (Å²) in [5.41, 5.74) is 3.32. The summed E-state index contributed by atoms with van der Waals surface area (Å²) in [4.78, 5) is 17.6. The topological polar surface area (TPSA) is 138 Å². The largest absolute Gasteiger partial charge is 0.459 e. The van der Waals surface area contributed by atoms with E-state index in [1.807, 2.05) is 0 Å². The minimum Gasteiger partial charge on any atom is -0.459 e. The molecule has 28 heavy (non-hydrogen) atoms. The van der Waals surface area contributed by atoms with Crippen molar-refractivity contribution in [2.24, 2.45) is 0 Å². The lowest BCUT2D eigenvalue weighted by molar-refractivity contribution is -0.294. The molecule has 9 heteroatoms. The van der Waals surface area contributed by atoms with Gasteiger partial charge < -0.3 is 29.9 Å². The number of ether oxygens (including phenoxy) is 2. The number of esters is 1. The fourth-order valence-electron chi connectivity index (χ4n) is 3.40. The van der Waals surface area contributed by atoms with Crippen molar-refractivity contribution in [3.63, 3.8) is 0 Å². The summed E-state index contributed by atoms with van der Waals surface area (Å²) in [6.07, 6.45) is -1.91. The molecule has 9 nitrogen and oxygen atoms in total. The van der Waals surface area contributed by atoms with Crippen molar-refractivity contribution in [1.82, 2.24) is 0 Å². The highest BCUT2D eigenvalue weighted by atomic mass is 16.8. The van der Waals surface area contributed by atoms with Gasteiger partial charge in [0, 0.05) is 0 Å². The van der Waals surface area contributed by atoms with E-state index in [4.69, 9.17) is 14.3 Å². The molecule has 0 amide bonds. The van der Waals surface area contributed by atoms with Gasteiger partial charge in [-0.05, 0) is 43.9 Å². The molecule has 5 atom stereocenters. The molecule has 0 aromatic heterocycles. The van der Waals surface area contributed by atoms with E-state index in [9.17, 15) is 25.2 Å². The van der Waals surface area contributed by atoms with Crippen LogP contribution in [0.2, 0.25) is 0 Å². The van der Waals surface area contributed by atoms with Gasteiger partial charge in [-0.15, -0.1) is 0 Å². The van der Waals surface area contributed by atoms with Gasteiger partial charge >= 0.3 is 5.97 Å². The van der Waals surface area contributed by atoms with Gasteiger partial charge in [0.25, 0.3) is 0 Å². The van der Waals surface area contributed by atoms with E-state index in [0.29, 0.717) is 11.3 Å². The molecule has 1 saturated heterocycles. The number of aliphatic hydroxyl groups is 4. The molecule has 1 aliphatic heterocycles. The van der Waals surface area contributed by atoms with E-state index in [1.54, 1.807) is 18.2 Å². The van der Waals surface area contributed by atoms with E-state index >= 15 is 0 Å². The number of aliphatic hydroxyl groups excluding tert-OH is 4. The van der Waals surface area contributed by atoms with Crippen molar-refractivity contribution in [2.45, 2.75) is 68.9 Å². The third-order valence-corrected chi connectivity index (χ3v) is 5.07. The summed E-state index contributed by atoms with van der Waals surface area (Å²) >= 11 is 0. The SMILES string of the molecule is O=C(OC1CCCCC1)c1cccc(NOC2O[C@H](CO)[C@@H](O)[C@H](O)[C@@H]2O)c1. The van der Waals surface area contributed by atoms with Crippen LogP contribution in [0.4, 0.5) is 5.69 Å². The quantitative estimate of drug-likeness (QED) is 0.339. The van der Waals surface area contributed by atoms with E-state index in [1.165, 1.54) is 12.5 Å². The second-order valence-corrected chi connectivity index (χ2v) is 7.16. The summed E-state index contributed by atoms with van der Waals surface area (Å²) in [6.45, 7) is -0.548. The summed E-state index contributed by atoms with van der Waals surface area (Å²) in [5, 5.41) is 38.7. The van der Waals surface area contributed by atoms with Crippen LogP contribution in [0.25, 0.3) is 0 Å². The maximum Gasteiger partial charge on any atom is 0.338 e. The van der Waals surface area contributed by atoms with E-state index < -0.39 is 43.3 Å². The molecule has 0 spiro atoms. The predicted molar refractivity (Wildman–Crippen MR) is 97.2 cm³/mol. The molecule has 156 valence electrons. The molecule has 1 heterocycles. The lowest BCUT2D eigenvalue weighted by Crippen LogP contribution is -2.59. The van der Waals surface area contributed by atoms with Crippen LogP contribution in [0.15, 0.2) is 24.3 Å². The molecule has 3 rings (SSSR count). The molecule has 5 N–H and O–H groups in total. The lowest BCUT2D eigenvalue weighted by atomic mass is 9.98.